The number of rotatable bonds is 4. The molecule has 0 saturated heterocycles. The lowest BCUT2D eigenvalue weighted by Crippen LogP contribution is -2.20. The molecule has 0 amide bonds. The van der Waals surface area contributed by atoms with Gasteiger partial charge in [0.15, 0.2) is 7.28 Å². The summed E-state index contributed by atoms with van der Waals surface area (Å²) in [6.07, 6.45) is 0. The summed E-state index contributed by atoms with van der Waals surface area (Å²) in [5, 5.41) is 4.79. The van der Waals surface area contributed by atoms with E-state index in [1.807, 2.05) is 12.1 Å². The third-order valence-corrected chi connectivity index (χ3v) is 10.6. The van der Waals surface area contributed by atoms with Gasteiger partial charge in [-0.15, -0.1) is 0 Å². The number of hydrogen-bond donors (Lipinski definition) is 0. The monoisotopic (exact) mass is 646 g/mol. The zero-order valence-electron chi connectivity index (χ0n) is 27.7. The lowest BCUT2D eigenvalue weighted by atomic mass is 9.68. The van der Waals surface area contributed by atoms with Crippen LogP contribution in [0.3, 0.4) is 0 Å². The molecule has 0 fully saturated rings. The van der Waals surface area contributed by atoms with Crippen molar-refractivity contribution in [3.63, 3.8) is 0 Å². The van der Waals surface area contributed by atoms with Gasteiger partial charge in [-0.1, -0.05) is 144 Å². The molecule has 10 aromatic rings. The first-order chi connectivity index (χ1) is 25.3. The average Bonchev–Trinajstić information content (AvgIpc) is 3.87. The number of fused-ring (bicyclic) bond motifs is 9. The van der Waals surface area contributed by atoms with Gasteiger partial charge < -0.3 is 8.98 Å². The van der Waals surface area contributed by atoms with Crippen LogP contribution in [0.1, 0.15) is 0 Å². The second-order valence-corrected chi connectivity index (χ2v) is 13.5. The molecule has 2 nitrogen and oxygen atoms in total. The Hall–Kier alpha value is -6.58. The van der Waals surface area contributed by atoms with E-state index in [9.17, 15) is 0 Å². The first kappa shape index (κ1) is 28.3. The molecule has 0 N–H and O–H groups in total. The summed E-state index contributed by atoms with van der Waals surface area (Å²) in [4.78, 5) is 0. The van der Waals surface area contributed by atoms with Gasteiger partial charge in [0.25, 0.3) is 0 Å². The second kappa shape index (κ2) is 11.0. The van der Waals surface area contributed by atoms with Crippen molar-refractivity contribution in [1.82, 2.24) is 4.57 Å². The molecule has 3 heterocycles. The minimum Gasteiger partial charge on any atom is -0.456 e. The van der Waals surface area contributed by atoms with Crippen LogP contribution >= 0.6 is 0 Å². The smallest absolute Gasteiger partial charge is 0.193 e. The minimum atomic E-state index is 0.915. The summed E-state index contributed by atoms with van der Waals surface area (Å²) in [6, 6.07) is 63.8. The van der Waals surface area contributed by atoms with Crippen molar-refractivity contribution in [1.29, 1.82) is 0 Å². The van der Waals surface area contributed by atoms with Crippen LogP contribution < -0.4 is 10.9 Å². The fraction of sp³-hybridized carbons (Fsp3) is 0. The molecule has 1 aliphatic heterocycles. The summed E-state index contributed by atoms with van der Waals surface area (Å²) in [6.45, 7) is 0. The third kappa shape index (κ3) is 4.38. The lowest BCUT2D eigenvalue weighted by Gasteiger charge is -2.16. The van der Waals surface area contributed by atoms with Crippen molar-refractivity contribution < 1.29 is 4.42 Å². The van der Waals surface area contributed by atoms with Crippen LogP contribution in [0.5, 0.6) is 0 Å². The predicted octanol–water partition coefficient (Wildman–Crippen LogP) is 11.3. The van der Waals surface area contributed by atoms with Crippen molar-refractivity contribution in [3.05, 3.63) is 176 Å². The summed E-state index contributed by atoms with van der Waals surface area (Å²) in [7, 11) is 2.34. The highest BCUT2D eigenvalue weighted by Gasteiger charge is 2.26. The number of para-hydroxylation sites is 1. The van der Waals surface area contributed by atoms with Crippen molar-refractivity contribution in [3.8, 4) is 50.2 Å². The van der Waals surface area contributed by atoms with Gasteiger partial charge >= 0.3 is 0 Å². The van der Waals surface area contributed by atoms with Crippen LogP contribution in [0, 0.1) is 0 Å². The van der Waals surface area contributed by atoms with E-state index in [-0.39, 0.29) is 0 Å². The van der Waals surface area contributed by atoms with Gasteiger partial charge in [0.05, 0.1) is 16.7 Å². The molecule has 51 heavy (non-hydrogen) atoms. The number of benzene rings is 8. The van der Waals surface area contributed by atoms with E-state index in [1.165, 1.54) is 82.9 Å². The third-order valence-electron chi connectivity index (χ3n) is 10.6. The van der Waals surface area contributed by atoms with E-state index >= 15 is 0 Å². The van der Waals surface area contributed by atoms with Crippen LogP contribution in [-0.4, -0.2) is 11.8 Å². The zero-order chi connectivity index (χ0) is 33.5. The van der Waals surface area contributed by atoms with E-state index in [0.29, 0.717) is 0 Å². The fourth-order valence-electron chi connectivity index (χ4n) is 8.21. The van der Waals surface area contributed by atoms with Crippen LogP contribution in [-0.2, 0) is 0 Å². The van der Waals surface area contributed by atoms with E-state index in [0.717, 1.165) is 21.9 Å². The van der Waals surface area contributed by atoms with Crippen molar-refractivity contribution in [2.75, 3.05) is 0 Å². The van der Waals surface area contributed by atoms with Gasteiger partial charge in [-0.3, -0.25) is 0 Å². The maximum Gasteiger partial charge on any atom is 0.193 e. The molecule has 3 heteroatoms. The minimum absolute atomic E-state index is 0.915. The van der Waals surface area contributed by atoms with Crippen molar-refractivity contribution >= 4 is 61.9 Å². The van der Waals surface area contributed by atoms with Gasteiger partial charge in [-0.25, -0.2) is 0 Å². The summed E-state index contributed by atoms with van der Waals surface area (Å²) >= 11 is 0. The predicted molar refractivity (Wildman–Crippen MR) is 215 cm³/mol. The molecule has 1 aliphatic rings. The fourth-order valence-corrected chi connectivity index (χ4v) is 8.21. The van der Waals surface area contributed by atoms with Gasteiger partial charge in [0.1, 0.15) is 11.2 Å². The molecule has 0 aliphatic carbocycles. The second-order valence-electron chi connectivity index (χ2n) is 13.5. The Labute approximate surface area is 296 Å². The quantitative estimate of drug-likeness (QED) is 0.174. The lowest BCUT2D eigenvalue weighted by molar-refractivity contribution is 0.669. The molecule has 0 spiro atoms. The summed E-state index contributed by atoms with van der Waals surface area (Å²) in [5.41, 5.74) is 17.6. The van der Waals surface area contributed by atoms with Crippen LogP contribution in [0.15, 0.2) is 180 Å². The van der Waals surface area contributed by atoms with Crippen LogP contribution in [0.4, 0.5) is 0 Å². The molecule has 11 rings (SSSR count). The molecule has 8 aromatic carbocycles. The van der Waals surface area contributed by atoms with Gasteiger partial charge in [0, 0.05) is 21.5 Å². The van der Waals surface area contributed by atoms with Gasteiger partial charge in [0.2, 0.25) is 0 Å². The number of nitrogens with zero attached hydrogens (tertiary/aromatic N) is 1. The maximum absolute atomic E-state index is 6.16. The molecule has 2 aromatic heterocycles. The highest BCUT2D eigenvalue weighted by Crippen LogP contribution is 2.40. The zero-order valence-corrected chi connectivity index (χ0v) is 27.7. The molecular weight excluding hydrogens is 617 g/mol. The molecule has 0 saturated carbocycles. The molecule has 0 unspecified atom stereocenters. The number of hydrogen-bond acceptors (Lipinski definition) is 1. The largest absolute Gasteiger partial charge is 0.456 e. The van der Waals surface area contributed by atoms with E-state index in [2.05, 4.69) is 176 Å². The van der Waals surface area contributed by atoms with Crippen LogP contribution in [0.2, 0.25) is 0 Å². The first-order valence-corrected chi connectivity index (χ1v) is 17.5. The van der Waals surface area contributed by atoms with E-state index in [1.54, 1.807) is 0 Å². The molecule has 0 atom stereocenters. The Bertz CT molecular complexity index is 2890. The first-order valence-electron chi connectivity index (χ1n) is 17.5. The Kier molecular flexibility index (Phi) is 6.08. The molecule has 235 valence electrons. The van der Waals surface area contributed by atoms with E-state index in [4.69, 9.17) is 4.42 Å². The summed E-state index contributed by atoms with van der Waals surface area (Å²) in [5.74, 6) is 0. The molecule has 0 bridgehead atoms. The highest BCUT2D eigenvalue weighted by molar-refractivity contribution is 6.73. The number of furan rings is 1. The Morgan fingerprint density at radius 3 is 1.69 bits per heavy atom. The standard InChI is InChI=1S/C48H29BNO/c1-3-10-30(11-4-1)34-18-22-36-37-23-19-35(31-12-5-2-6-13-31)29-45(37)50(44(36)28-34)43-16-9-15-42-48(43)40-27-32(20-24-41(40)49-42)33-21-25-47-39(26-33)38-14-7-8-17-46(38)51-47/h1-29H. The Balaban J connectivity index is 1.15. The number of aromatic nitrogens is 1. The SMILES string of the molecule is [B]1c2ccc(-c3ccc4oc5ccccc5c4c3)cc2-c2c1cccc2-n1c2cc(-c3ccccc3)ccc2c2ccc(-c3ccccc3)cc21. The Morgan fingerprint density at radius 1 is 0.373 bits per heavy atom. The van der Waals surface area contributed by atoms with E-state index < -0.39 is 0 Å². The Morgan fingerprint density at radius 2 is 0.961 bits per heavy atom. The topological polar surface area (TPSA) is 18.1 Å². The highest BCUT2D eigenvalue weighted by atomic mass is 16.3. The average molecular weight is 647 g/mol. The normalized spacial score (nSPS) is 12.1. The summed E-state index contributed by atoms with van der Waals surface area (Å²) < 4.78 is 8.66. The van der Waals surface area contributed by atoms with Crippen molar-refractivity contribution in [2.45, 2.75) is 0 Å². The van der Waals surface area contributed by atoms with Crippen molar-refractivity contribution in [2.24, 2.45) is 0 Å². The molecular formula is C48H29BNO. The maximum atomic E-state index is 6.16. The van der Waals surface area contributed by atoms with Crippen LogP contribution in [0.25, 0.3) is 93.9 Å². The molecule has 1 radical (unpaired) electrons. The van der Waals surface area contributed by atoms with Gasteiger partial charge in [-0.2, -0.15) is 0 Å². The van der Waals surface area contributed by atoms with Gasteiger partial charge in [-0.05, 0) is 87.0 Å².